The van der Waals surface area contributed by atoms with Gasteiger partial charge in [0.15, 0.2) is 0 Å². The average Bonchev–Trinajstić information content (AvgIpc) is 2.91. The Morgan fingerprint density at radius 1 is 1.52 bits per heavy atom. The molecule has 1 aromatic heterocycles. The SMILES string of the molecule is N#Cc1ncn(CCCC(=O)Nc2ccc(F)c(N)c2)n1. The van der Waals surface area contributed by atoms with Crippen molar-refractivity contribution in [2.45, 2.75) is 19.4 Å². The van der Waals surface area contributed by atoms with Gasteiger partial charge in [0.25, 0.3) is 5.82 Å². The minimum atomic E-state index is -0.521. The fraction of sp³-hybridized carbons (Fsp3) is 0.231. The molecule has 0 unspecified atom stereocenters. The van der Waals surface area contributed by atoms with Gasteiger partial charge in [-0.15, -0.1) is 5.10 Å². The van der Waals surface area contributed by atoms with Crippen LogP contribution in [-0.4, -0.2) is 20.7 Å². The van der Waals surface area contributed by atoms with Crippen LogP contribution >= 0.6 is 0 Å². The Balaban J connectivity index is 1.79. The summed E-state index contributed by atoms with van der Waals surface area (Å²) in [7, 11) is 0. The van der Waals surface area contributed by atoms with Gasteiger partial charge in [-0.3, -0.25) is 9.48 Å². The van der Waals surface area contributed by atoms with Crippen molar-refractivity contribution in [1.29, 1.82) is 5.26 Å². The number of nitrogens with zero attached hydrogens (tertiary/aromatic N) is 4. The predicted molar refractivity (Wildman–Crippen MR) is 73.4 cm³/mol. The number of rotatable bonds is 5. The molecule has 2 aromatic rings. The van der Waals surface area contributed by atoms with E-state index in [-0.39, 0.29) is 23.8 Å². The van der Waals surface area contributed by atoms with Crippen molar-refractivity contribution >= 4 is 17.3 Å². The molecule has 0 saturated heterocycles. The lowest BCUT2D eigenvalue weighted by molar-refractivity contribution is -0.116. The van der Waals surface area contributed by atoms with E-state index in [4.69, 9.17) is 11.0 Å². The number of halogens is 1. The smallest absolute Gasteiger partial charge is 0.252 e. The Morgan fingerprint density at radius 2 is 2.33 bits per heavy atom. The second-order valence-corrected chi connectivity index (χ2v) is 4.33. The molecule has 1 amide bonds. The van der Waals surface area contributed by atoms with E-state index >= 15 is 0 Å². The molecule has 0 radical (unpaired) electrons. The lowest BCUT2D eigenvalue weighted by Gasteiger charge is -2.06. The van der Waals surface area contributed by atoms with Crippen molar-refractivity contribution in [2.24, 2.45) is 0 Å². The van der Waals surface area contributed by atoms with Gasteiger partial charge in [0.2, 0.25) is 5.91 Å². The van der Waals surface area contributed by atoms with Gasteiger partial charge in [-0.1, -0.05) is 0 Å². The third-order valence-electron chi connectivity index (χ3n) is 2.71. The summed E-state index contributed by atoms with van der Waals surface area (Å²) >= 11 is 0. The van der Waals surface area contributed by atoms with E-state index in [0.717, 1.165) is 0 Å². The number of carbonyl (C=O) groups is 1. The first kappa shape index (κ1) is 14.5. The van der Waals surface area contributed by atoms with Crippen molar-refractivity contribution in [3.8, 4) is 6.07 Å². The Labute approximate surface area is 120 Å². The highest BCUT2D eigenvalue weighted by Gasteiger charge is 2.05. The van der Waals surface area contributed by atoms with Crippen LogP contribution in [0.15, 0.2) is 24.5 Å². The molecule has 1 heterocycles. The number of aromatic nitrogens is 3. The van der Waals surface area contributed by atoms with Crippen molar-refractivity contribution in [3.05, 3.63) is 36.2 Å². The number of nitrogen functional groups attached to an aromatic ring is 1. The zero-order valence-corrected chi connectivity index (χ0v) is 11.1. The van der Waals surface area contributed by atoms with Gasteiger partial charge in [-0.25, -0.2) is 9.37 Å². The Morgan fingerprint density at radius 3 is 3.00 bits per heavy atom. The van der Waals surface area contributed by atoms with E-state index in [1.54, 1.807) is 0 Å². The van der Waals surface area contributed by atoms with Crippen molar-refractivity contribution < 1.29 is 9.18 Å². The summed E-state index contributed by atoms with van der Waals surface area (Å²) in [6, 6.07) is 5.83. The molecule has 0 fully saturated rings. The van der Waals surface area contributed by atoms with Crippen LogP contribution in [0.5, 0.6) is 0 Å². The van der Waals surface area contributed by atoms with Crippen LogP contribution in [0.1, 0.15) is 18.7 Å². The summed E-state index contributed by atoms with van der Waals surface area (Å²) in [5, 5.41) is 15.1. The molecule has 3 N–H and O–H groups in total. The van der Waals surface area contributed by atoms with E-state index < -0.39 is 5.82 Å². The zero-order valence-electron chi connectivity index (χ0n) is 11.1. The first-order valence-corrected chi connectivity index (χ1v) is 6.23. The Hall–Kier alpha value is -2.95. The summed E-state index contributed by atoms with van der Waals surface area (Å²) in [4.78, 5) is 15.5. The fourth-order valence-corrected chi connectivity index (χ4v) is 1.70. The lowest BCUT2D eigenvalue weighted by atomic mass is 10.2. The number of amides is 1. The van der Waals surface area contributed by atoms with Gasteiger partial charge in [-0.05, 0) is 24.6 Å². The summed E-state index contributed by atoms with van der Waals surface area (Å²) in [6.07, 6.45) is 2.24. The van der Waals surface area contributed by atoms with Crippen LogP contribution < -0.4 is 11.1 Å². The lowest BCUT2D eigenvalue weighted by Crippen LogP contribution is -2.13. The zero-order chi connectivity index (χ0) is 15.2. The largest absolute Gasteiger partial charge is 0.396 e. The molecule has 21 heavy (non-hydrogen) atoms. The number of nitrogens with two attached hydrogens (primary N) is 1. The van der Waals surface area contributed by atoms with Gasteiger partial charge in [-0.2, -0.15) is 5.26 Å². The van der Waals surface area contributed by atoms with Gasteiger partial charge in [0, 0.05) is 18.7 Å². The van der Waals surface area contributed by atoms with Crippen LogP contribution in [0.25, 0.3) is 0 Å². The molecule has 7 nitrogen and oxygen atoms in total. The van der Waals surface area contributed by atoms with Gasteiger partial charge in [0.1, 0.15) is 18.2 Å². The molecular weight excluding hydrogens is 275 g/mol. The number of hydrogen-bond acceptors (Lipinski definition) is 5. The van der Waals surface area contributed by atoms with E-state index in [1.807, 2.05) is 6.07 Å². The van der Waals surface area contributed by atoms with Crippen molar-refractivity contribution in [3.63, 3.8) is 0 Å². The van der Waals surface area contributed by atoms with Crippen LogP contribution in [0.2, 0.25) is 0 Å². The molecule has 0 saturated carbocycles. The molecule has 8 heteroatoms. The first-order valence-electron chi connectivity index (χ1n) is 6.23. The maximum Gasteiger partial charge on any atom is 0.252 e. The van der Waals surface area contributed by atoms with Gasteiger partial charge in [0.05, 0.1) is 5.69 Å². The van der Waals surface area contributed by atoms with Crippen LogP contribution in [0, 0.1) is 17.1 Å². The highest BCUT2D eigenvalue weighted by Crippen LogP contribution is 2.16. The maximum absolute atomic E-state index is 13.0. The molecule has 0 atom stereocenters. The Kier molecular flexibility index (Phi) is 4.46. The van der Waals surface area contributed by atoms with Crippen LogP contribution in [-0.2, 0) is 11.3 Å². The fourth-order valence-electron chi connectivity index (χ4n) is 1.70. The Bertz CT molecular complexity index is 690. The van der Waals surface area contributed by atoms with Crippen LogP contribution in [0.4, 0.5) is 15.8 Å². The topological polar surface area (TPSA) is 110 Å². The van der Waals surface area contributed by atoms with Gasteiger partial charge >= 0.3 is 0 Å². The highest BCUT2D eigenvalue weighted by molar-refractivity contribution is 5.91. The molecular formula is C13H13FN6O. The first-order chi connectivity index (χ1) is 10.1. The molecule has 108 valence electrons. The second kappa shape index (κ2) is 6.47. The number of anilines is 2. The minimum absolute atomic E-state index is 0.0144. The molecule has 1 aromatic carbocycles. The summed E-state index contributed by atoms with van der Waals surface area (Å²) < 4.78 is 14.5. The molecule has 0 aliphatic rings. The summed E-state index contributed by atoms with van der Waals surface area (Å²) in [6.45, 7) is 0.480. The van der Waals surface area contributed by atoms with E-state index in [0.29, 0.717) is 18.7 Å². The number of carbonyl (C=O) groups excluding carboxylic acids is 1. The van der Waals surface area contributed by atoms with E-state index in [2.05, 4.69) is 15.4 Å². The van der Waals surface area contributed by atoms with Crippen molar-refractivity contribution in [2.75, 3.05) is 11.1 Å². The van der Waals surface area contributed by atoms with Gasteiger partial charge < -0.3 is 11.1 Å². The number of nitrogens with one attached hydrogen (secondary N) is 1. The normalized spacial score (nSPS) is 10.1. The molecule has 0 bridgehead atoms. The molecule has 0 aliphatic carbocycles. The highest BCUT2D eigenvalue weighted by atomic mass is 19.1. The number of aryl methyl sites for hydroxylation is 1. The third-order valence-corrected chi connectivity index (χ3v) is 2.71. The predicted octanol–water partition coefficient (Wildman–Crippen LogP) is 1.29. The molecule has 0 spiro atoms. The van der Waals surface area contributed by atoms with Crippen molar-refractivity contribution in [1.82, 2.24) is 14.8 Å². The summed E-state index contributed by atoms with van der Waals surface area (Å²) in [5.74, 6) is -0.629. The van der Waals surface area contributed by atoms with E-state index in [9.17, 15) is 9.18 Å². The average molecular weight is 288 g/mol. The third kappa shape index (κ3) is 4.01. The quantitative estimate of drug-likeness (QED) is 0.805. The minimum Gasteiger partial charge on any atom is -0.396 e. The maximum atomic E-state index is 13.0. The summed E-state index contributed by atoms with van der Waals surface area (Å²) in [5.41, 5.74) is 5.85. The monoisotopic (exact) mass is 288 g/mol. The number of benzene rings is 1. The number of nitriles is 1. The van der Waals surface area contributed by atoms with E-state index in [1.165, 1.54) is 29.2 Å². The second-order valence-electron chi connectivity index (χ2n) is 4.33. The number of hydrogen-bond donors (Lipinski definition) is 2. The molecule has 0 aliphatic heterocycles. The standard InChI is InChI=1S/C13H13FN6O/c14-10-4-3-9(6-11(10)16)18-13(21)2-1-5-20-8-17-12(7-15)19-20/h3-4,6,8H,1-2,5,16H2,(H,18,21). The molecule has 2 rings (SSSR count). The van der Waals surface area contributed by atoms with Crippen LogP contribution in [0.3, 0.4) is 0 Å².